The Bertz CT molecular complexity index is 2700. The molecule has 3 aromatic carbocycles. The van der Waals surface area contributed by atoms with Gasteiger partial charge in [0.1, 0.15) is 6.04 Å². The summed E-state index contributed by atoms with van der Waals surface area (Å²) in [6.07, 6.45) is 0.153. The first-order valence-electron chi connectivity index (χ1n) is 18.3. The highest BCUT2D eigenvalue weighted by Gasteiger charge is 2.44. The first-order valence-corrected chi connectivity index (χ1v) is 22.9. The van der Waals surface area contributed by atoms with Gasteiger partial charge in [-0.25, -0.2) is 36.1 Å². The molecule has 0 saturated carbocycles. The van der Waals surface area contributed by atoms with Gasteiger partial charge in [0.05, 0.1) is 27.3 Å². The van der Waals surface area contributed by atoms with E-state index in [1.54, 1.807) is 23.1 Å². The standard InChI is InChI=1S/C36H40F3N9O11S3/c37-36(38,39)34(51)59-33(50)30(21-44-32(49)25-8-13-31-26(19-25)20-45-48(31)18-2-14-41-35-42-16-17-43-35)47-62(57,58)29-11-6-24(7-12-29)23-4-9-28(10-5-23)61(55,56)46-15-1-3-27(40)22-60(52,53)54/h4-13,16-17,19-20,27,30,46-47H,1-3,14-15,18,21-22,40H2,(H,44,49)(H2,41,42,43)(H,52,53,54)/t27-,30+/m1/s1. The lowest BCUT2D eigenvalue weighted by atomic mass is 10.1. The van der Waals surface area contributed by atoms with E-state index in [1.165, 1.54) is 54.7 Å². The Balaban J connectivity index is 1.21. The van der Waals surface area contributed by atoms with Crippen molar-refractivity contribution in [2.75, 3.05) is 30.7 Å². The van der Waals surface area contributed by atoms with Crippen molar-refractivity contribution < 1.29 is 62.1 Å². The number of alkyl halides is 3. The summed E-state index contributed by atoms with van der Waals surface area (Å²) >= 11 is 0. The zero-order valence-electron chi connectivity index (χ0n) is 32.2. The molecule has 1 amide bonds. The second-order valence-electron chi connectivity index (χ2n) is 13.5. The van der Waals surface area contributed by atoms with Gasteiger partial charge in [0.25, 0.3) is 16.0 Å². The Kier molecular flexibility index (Phi) is 15.2. The van der Waals surface area contributed by atoms with Crippen molar-refractivity contribution in [3.63, 3.8) is 0 Å². The number of ether oxygens (including phenoxy) is 1. The molecule has 0 unspecified atom stereocenters. The van der Waals surface area contributed by atoms with Gasteiger partial charge in [0.2, 0.25) is 20.0 Å². The highest BCUT2D eigenvalue weighted by Crippen LogP contribution is 2.24. The Morgan fingerprint density at radius 3 is 2.13 bits per heavy atom. The van der Waals surface area contributed by atoms with Crippen molar-refractivity contribution in [2.45, 2.75) is 53.9 Å². The minimum Gasteiger partial charge on any atom is -0.385 e. The minimum absolute atomic E-state index is 0.0343. The molecule has 334 valence electrons. The van der Waals surface area contributed by atoms with Gasteiger partial charge in [0.15, 0.2) is 5.95 Å². The van der Waals surface area contributed by atoms with Crippen LogP contribution in [0.3, 0.4) is 0 Å². The van der Waals surface area contributed by atoms with Crippen LogP contribution in [0.15, 0.2) is 95.1 Å². The fraction of sp³-hybridized carbons (Fsp3) is 0.306. The number of benzene rings is 3. The number of rotatable bonds is 21. The van der Waals surface area contributed by atoms with Crippen LogP contribution >= 0.6 is 0 Å². The molecule has 2 aromatic heterocycles. The molecule has 20 nitrogen and oxygen atoms in total. The van der Waals surface area contributed by atoms with E-state index < -0.39 is 83.5 Å². The number of fused-ring (bicyclic) bond motifs is 1. The SMILES string of the molecule is N[C@H](CCCNS(=O)(=O)c1ccc(-c2ccc(S(=O)(=O)N[C@@H](CNC(=O)c3ccc4c(cnn4CCCNc4ncc[nH]4)c3)C(=O)OC(=O)C(F)(F)F)cc2)cc1)CS(=O)(=O)O. The van der Waals surface area contributed by atoms with Gasteiger partial charge in [-0.05, 0) is 72.9 Å². The van der Waals surface area contributed by atoms with Crippen molar-refractivity contribution in [3.05, 3.63) is 90.9 Å². The molecule has 0 radical (unpaired) electrons. The molecule has 26 heteroatoms. The number of aryl methyl sites for hydroxylation is 1. The molecule has 0 aliphatic carbocycles. The number of esters is 2. The summed E-state index contributed by atoms with van der Waals surface area (Å²) in [6, 6.07) is 11.6. The van der Waals surface area contributed by atoms with Gasteiger partial charge in [0, 0.05) is 55.6 Å². The average molecular weight is 928 g/mol. The smallest absolute Gasteiger partial charge is 0.385 e. The molecule has 0 spiro atoms. The highest BCUT2D eigenvalue weighted by atomic mass is 32.2. The fourth-order valence-electron chi connectivity index (χ4n) is 5.81. The molecular formula is C36H40F3N9O11S3. The van der Waals surface area contributed by atoms with Gasteiger partial charge in [-0.15, -0.1) is 0 Å². The second-order valence-corrected chi connectivity index (χ2v) is 18.5. The first kappa shape index (κ1) is 47.3. The third kappa shape index (κ3) is 13.4. The maximum Gasteiger partial charge on any atom is 0.491 e. The molecule has 0 saturated heterocycles. The summed E-state index contributed by atoms with van der Waals surface area (Å²) in [5.74, 6) is -5.76. The molecule has 0 fully saturated rings. The summed E-state index contributed by atoms with van der Waals surface area (Å²) < 4.78 is 132. The molecule has 0 aliphatic heterocycles. The van der Waals surface area contributed by atoms with Gasteiger partial charge in [-0.2, -0.15) is 31.4 Å². The monoisotopic (exact) mass is 927 g/mol. The molecule has 2 atom stereocenters. The topological polar surface area (TPSA) is 304 Å². The van der Waals surface area contributed by atoms with Crippen LogP contribution in [-0.4, -0.2) is 111 Å². The van der Waals surface area contributed by atoms with E-state index in [9.17, 15) is 52.8 Å². The van der Waals surface area contributed by atoms with Gasteiger partial charge >= 0.3 is 18.1 Å². The van der Waals surface area contributed by atoms with E-state index in [-0.39, 0.29) is 29.8 Å². The number of amides is 1. The van der Waals surface area contributed by atoms with Crippen molar-refractivity contribution in [3.8, 4) is 11.1 Å². The lowest BCUT2D eigenvalue weighted by Crippen LogP contribution is -2.50. The van der Waals surface area contributed by atoms with Crippen molar-refractivity contribution in [1.82, 2.24) is 34.5 Å². The Hall–Kier alpha value is -5.77. The maximum absolute atomic E-state index is 13.4. The van der Waals surface area contributed by atoms with E-state index in [0.717, 1.165) is 12.1 Å². The third-order valence-corrected chi connectivity index (χ3v) is 12.7. The molecule has 0 bridgehead atoms. The predicted molar refractivity (Wildman–Crippen MR) is 216 cm³/mol. The number of anilines is 1. The molecule has 2 heterocycles. The number of sulfonamides is 2. The number of nitrogens with one attached hydrogen (secondary N) is 5. The number of carbonyl (C=O) groups excluding carboxylic acids is 3. The van der Waals surface area contributed by atoms with Crippen LogP contribution in [0.5, 0.6) is 0 Å². The molecular weight excluding hydrogens is 888 g/mol. The highest BCUT2D eigenvalue weighted by molar-refractivity contribution is 7.89. The predicted octanol–water partition coefficient (Wildman–Crippen LogP) is 1.91. The van der Waals surface area contributed by atoms with Crippen LogP contribution in [-0.2, 0) is 51.0 Å². The van der Waals surface area contributed by atoms with E-state index in [4.69, 9.17) is 10.3 Å². The van der Waals surface area contributed by atoms with Crippen molar-refractivity contribution in [2.24, 2.45) is 5.73 Å². The number of hydrogen-bond donors (Lipinski definition) is 7. The molecule has 5 aromatic rings. The Labute approximate surface area is 352 Å². The van der Waals surface area contributed by atoms with Gasteiger partial charge in [-0.3, -0.25) is 14.0 Å². The number of aromatic amines is 1. The number of halogens is 3. The zero-order chi connectivity index (χ0) is 45.3. The molecule has 0 aliphatic rings. The second kappa shape index (κ2) is 20.0. The summed E-state index contributed by atoms with van der Waals surface area (Å²) in [5.41, 5.74) is 7.18. The van der Waals surface area contributed by atoms with E-state index in [2.05, 4.69) is 35.2 Å². The van der Waals surface area contributed by atoms with Gasteiger partial charge < -0.3 is 26.1 Å². The average Bonchev–Trinajstić information content (AvgIpc) is 3.88. The normalized spacial score (nSPS) is 13.4. The number of H-pyrrole nitrogens is 1. The summed E-state index contributed by atoms with van der Waals surface area (Å²) in [5, 5.41) is 10.3. The first-order chi connectivity index (χ1) is 29.1. The fourth-order valence-corrected chi connectivity index (χ4v) is 8.78. The van der Waals surface area contributed by atoms with Crippen LogP contribution in [0.25, 0.3) is 22.0 Å². The van der Waals surface area contributed by atoms with E-state index >= 15 is 0 Å². The number of nitrogens with two attached hydrogens (primary N) is 1. The lowest BCUT2D eigenvalue weighted by molar-refractivity contribution is -0.202. The van der Waals surface area contributed by atoms with Gasteiger partial charge in [-0.1, -0.05) is 24.3 Å². The Morgan fingerprint density at radius 1 is 0.887 bits per heavy atom. The Morgan fingerprint density at radius 2 is 1.53 bits per heavy atom. The largest absolute Gasteiger partial charge is 0.491 e. The third-order valence-electron chi connectivity index (χ3n) is 8.85. The summed E-state index contributed by atoms with van der Waals surface area (Å²) in [7, 11) is -13.0. The minimum atomic E-state index is -5.60. The quantitative estimate of drug-likeness (QED) is 0.0239. The van der Waals surface area contributed by atoms with Crippen molar-refractivity contribution in [1.29, 1.82) is 0 Å². The van der Waals surface area contributed by atoms with E-state index in [1.807, 2.05) is 4.72 Å². The molecule has 5 rings (SSSR count). The maximum atomic E-state index is 13.4. The van der Waals surface area contributed by atoms with Crippen molar-refractivity contribution >= 4 is 64.9 Å². The lowest BCUT2D eigenvalue weighted by Gasteiger charge is -2.18. The number of nitrogens with zero attached hydrogens (tertiary/aromatic N) is 3. The van der Waals surface area contributed by atoms with Crippen LogP contribution in [0.1, 0.15) is 29.6 Å². The van der Waals surface area contributed by atoms with Crippen LogP contribution in [0.2, 0.25) is 0 Å². The number of hydrogen-bond acceptors (Lipinski definition) is 14. The molecule has 62 heavy (non-hydrogen) atoms. The summed E-state index contributed by atoms with van der Waals surface area (Å²) in [6.45, 7) is 0.0803. The number of imidazole rings is 1. The number of aromatic nitrogens is 4. The van der Waals surface area contributed by atoms with Crippen LogP contribution in [0.4, 0.5) is 19.1 Å². The van der Waals surface area contributed by atoms with E-state index in [0.29, 0.717) is 47.5 Å². The summed E-state index contributed by atoms with van der Waals surface area (Å²) in [4.78, 5) is 43.8. The van der Waals surface area contributed by atoms with Crippen LogP contribution < -0.4 is 25.8 Å². The van der Waals surface area contributed by atoms with Crippen LogP contribution in [0, 0.1) is 0 Å². The number of carbonyl (C=O) groups is 3. The molecule has 8 N–H and O–H groups in total. The zero-order valence-corrected chi connectivity index (χ0v) is 34.7.